The highest BCUT2D eigenvalue weighted by Crippen LogP contribution is 2.28. The second-order valence-electron chi connectivity index (χ2n) is 4.49. The van der Waals surface area contributed by atoms with Gasteiger partial charge >= 0.3 is 0 Å². The van der Waals surface area contributed by atoms with Gasteiger partial charge in [0.2, 0.25) is 0 Å². The lowest BCUT2D eigenvalue weighted by Gasteiger charge is -2.30. The number of carbonyl (C=O) groups excluding carboxylic acids is 1. The van der Waals surface area contributed by atoms with Crippen LogP contribution in [-0.2, 0) is 0 Å². The topological polar surface area (TPSA) is 37.3 Å². The third-order valence-corrected chi connectivity index (χ3v) is 3.22. The lowest BCUT2D eigenvalue weighted by atomic mass is 9.80. The molecule has 0 saturated heterocycles. The molecular formula is C15H16O2. The van der Waals surface area contributed by atoms with Gasteiger partial charge in [0.1, 0.15) is 0 Å². The molecule has 0 aliphatic heterocycles. The number of hydrogen-bond donors (Lipinski definition) is 1. The van der Waals surface area contributed by atoms with Crippen LogP contribution in [0, 0.1) is 5.92 Å². The lowest BCUT2D eigenvalue weighted by Crippen LogP contribution is -2.36. The molecule has 2 nitrogen and oxygen atoms in total. The average molecular weight is 228 g/mol. The van der Waals surface area contributed by atoms with Crippen molar-refractivity contribution in [3.63, 3.8) is 0 Å². The maximum Gasteiger partial charge on any atom is 0.166 e. The first-order valence-electron chi connectivity index (χ1n) is 5.78. The molecule has 0 amide bonds. The Hall–Kier alpha value is -1.67. The van der Waals surface area contributed by atoms with Crippen LogP contribution in [0.15, 0.2) is 54.6 Å². The summed E-state index contributed by atoms with van der Waals surface area (Å²) >= 11 is 0. The van der Waals surface area contributed by atoms with E-state index >= 15 is 0 Å². The van der Waals surface area contributed by atoms with Crippen molar-refractivity contribution >= 4 is 5.78 Å². The van der Waals surface area contributed by atoms with E-state index in [1.54, 1.807) is 24.3 Å². The van der Waals surface area contributed by atoms with E-state index < -0.39 is 5.60 Å². The van der Waals surface area contributed by atoms with Gasteiger partial charge < -0.3 is 5.11 Å². The second kappa shape index (κ2) is 4.68. The summed E-state index contributed by atoms with van der Waals surface area (Å²) in [5.74, 6) is -0.0694. The zero-order valence-corrected chi connectivity index (χ0v) is 9.84. The van der Waals surface area contributed by atoms with Gasteiger partial charge in [-0.25, -0.2) is 0 Å². The van der Waals surface area contributed by atoms with Gasteiger partial charge in [0.15, 0.2) is 5.78 Å². The van der Waals surface area contributed by atoms with Crippen LogP contribution >= 0.6 is 0 Å². The predicted molar refractivity (Wildman–Crippen MR) is 67.8 cm³/mol. The number of rotatable bonds is 3. The number of aliphatic hydroxyl groups is 1. The fourth-order valence-electron chi connectivity index (χ4n) is 1.97. The molecule has 0 heterocycles. The molecule has 0 saturated carbocycles. The number of benzene rings is 1. The van der Waals surface area contributed by atoms with E-state index in [0.717, 1.165) is 0 Å². The van der Waals surface area contributed by atoms with Gasteiger partial charge in [-0.2, -0.15) is 0 Å². The van der Waals surface area contributed by atoms with Crippen molar-refractivity contribution in [1.29, 1.82) is 0 Å². The van der Waals surface area contributed by atoms with Gasteiger partial charge in [0, 0.05) is 17.9 Å². The largest absolute Gasteiger partial charge is 0.385 e. The molecule has 0 fully saturated rings. The van der Waals surface area contributed by atoms with Crippen LogP contribution in [0.5, 0.6) is 0 Å². The Morgan fingerprint density at radius 2 is 2.00 bits per heavy atom. The summed E-state index contributed by atoms with van der Waals surface area (Å²) in [6, 6.07) is 9.09. The van der Waals surface area contributed by atoms with Crippen LogP contribution in [0.3, 0.4) is 0 Å². The summed E-state index contributed by atoms with van der Waals surface area (Å²) in [6.45, 7) is 1.91. The third-order valence-electron chi connectivity index (χ3n) is 3.22. The zero-order chi connectivity index (χ0) is 12.3. The lowest BCUT2D eigenvalue weighted by molar-refractivity contribution is 0.0409. The molecule has 2 rings (SSSR count). The molecule has 0 aromatic heterocycles. The van der Waals surface area contributed by atoms with E-state index in [-0.39, 0.29) is 18.1 Å². The van der Waals surface area contributed by atoms with Gasteiger partial charge in [-0.3, -0.25) is 4.79 Å². The summed E-state index contributed by atoms with van der Waals surface area (Å²) in [7, 11) is 0. The Morgan fingerprint density at radius 1 is 1.29 bits per heavy atom. The number of ketones is 1. The maximum absolute atomic E-state index is 12.0. The van der Waals surface area contributed by atoms with Gasteiger partial charge in [0.05, 0.1) is 5.60 Å². The van der Waals surface area contributed by atoms with Crippen LogP contribution < -0.4 is 0 Å². The summed E-state index contributed by atoms with van der Waals surface area (Å²) in [5, 5.41) is 10.4. The molecule has 88 valence electrons. The standard InChI is InChI=1S/C15H16O2/c1-12-7-5-6-10-15(12,17)11-14(16)13-8-3-2-4-9-13/h2-10,12,17H,11H2,1H3. The molecule has 0 bridgehead atoms. The smallest absolute Gasteiger partial charge is 0.166 e. The third kappa shape index (κ3) is 2.53. The number of Topliss-reactive ketones (excluding diaryl/α,β-unsaturated/α-hetero) is 1. The Kier molecular flexibility index (Phi) is 3.25. The van der Waals surface area contributed by atoms with E-state index in [2.05, 4.69) is 0 Å². The second-order valence-corrected chi connectivity index (χ2v) is 4.49. The number of carbonyl (C=O) groups is 1. The highest BCUT2D eigenvalue weighted by atomic mass is 16.3. The molecule has 1 aliphatic rings. The molecule has 0 spiro atoms. The van der Waals surface area contributed by atoms with Crippen LogP contribution in [0.4, 0.5) is 0 Å². The van der Waals surface area contributed by atoms with E-state index in [9.17, 15) is 9.90 Å². The van der Waals surface area contributed by atoms with Crippen molar-refractivity contribution in [2.24, 2.45) is 5.92 Å². The van der Waals surface area contributed by atoms with Crippen LogP contribution in [0.25, 0.3) is 0 Å². The molecule has 1 aromatic rings. The van der Waals surface area contributed by atoms with Gasteiger partial charge in [0.25, 0.3) is 0 Å². The van der Waals surface area contributed by atoms with Crippen LogP contribution in [-0.4, -0.2) is 16.5 Å². The first-order chi connectivity index (χ1) is 8.12. The fraction of sp³-hybridized carbons (Fsp3) is 0.267. The molecule has 1 aliphatic carbocycles. The average Bonchev–Trinajstić information content (AvgIpc) is 2.34. The van der Waals surface area contributed by atoms with Crippen LogP contribution in [0.2, 0.25) is 0 Å². The molecular weight excluding hydrogens is 212 g/mol. The highest BCUT2D eigenvalue weighted by molar-refractivity contribution is 5.96. The Morgan fingerprint density at radius 3 is 2.65 bits per heavy atom. The Labute approximate surface area is 101 Å². The van der Waals surface area contributed by atoms with Gasteiger partial charge in [-0.15, -0.1) is 0 Å². The molecule has 2 unspecified atom stereocenters. The Bertz CT molecular complexity index is 459. The van der Waals surface area contributed by atoms with E-state index in [0.29, 0.717) is 5.56 Å². The predicted octanol–water partition coefficient (Wildman–Crippen LogP) is 2.75. The van der Waals surface area contributed by atoms with E-state index in [4.69, 9.17) is 0 Å². The molecule has 1 aromatic carbocycles. The normalized spacial score (nSPS) is 27.1. The molecule has 17 heavy (non-hydrogen) atoms. The van der Waals surface area contributed by atoms with Crippen molar-refractivity contribution < 1.29 is 9.90 Å². The van der Waals surface area contributed by atoms with Crippen LogP contribution in [0.1, 0.15) is 23.7 Å². The van der Waals surface area contributed by atoms with E-state index in [1.165, 1.54) is 0 Å². The molecule has 2 heteroatoms. The van der Waals surface area contributed by atoms with Crippen molar-refractivity contribution in [2.75, 3.05) is 0 Å². The minimum Gasteiger partial charge on any atom is -0.385 e. The van der Waals surface area contributed by atoms with Crippen molar-refractivity contribution in [2.45, 2.75) is 18.9 Å². The first kappa shape index (κ1) is 11.8. The molecule has 1 N–H and O–H groups in total. The van der Waals surface area contributed by atoms with Crippen molar-refractivity contribution in [1.82, 2.24) is 0 Å². The quantitative estimate of drug-likeness (QED) is 0.808. The minimum absolute atomic E-state index is 0.0279. The highest BCUT2D eigenvalue weighted by Gasteiger charge is 2.33. The molecule has 2 atom stereocenters. The Balaban J connectivity index is 2.14. The number of allylic oxidation sites excluding steroid dienone is 2. The van der Waals surface area contributed by atoms with Gasteiger partial charge in [-0.05, 0) is 0 Å². The summed E-state index contributed by atoms with van der Waals surface area (Å²) in [5.41, 5.74) is -0.405. The summed E-state index contributed by atoms with van der Waals surface area (Å²) in [4.78, 5) is 12.0. The number of hydrogen-bond acceptors (Lipinski definition) is 2. The zero-order valence-electron chi connectivity index (χ0n) is 9.84. The van der Waals surface area contributed by atoms with E-state index in [1.807, 2.05) is 37.3 Å². The monoisotopic (exact) mass is 228 g/mol. The maximum atomic E-state index is 12.0. The first-order valence-corrected chi connectivity index (χ1v) is 5.78. The SMILES string of the molecule is CC1C=CC=CC1(O)CC(=O)c1ccccc1. The fourth-order valence-corrected chi connectivity index (χ4v) is 1.97. The summed E-state index contributed by atoms with van der Waals surface area (Å²) in [6.07, 6.45) is 7.43. The molecule has 0 radical (unpaired) electrons. The minimum atomic E-state index is -1.05. The van der Waals surface area contributed by atoms with Crippen molar-refractivity contribution in [3.05, 3.63) is 60.2 Å². The van der Waals surface area contributed by atoms with Crippen molar-refractivity contribution in [3.8, 4) is 0 Å². The van der Waals surface area contributed by atoms with Gasteiger partial charge in [-0.1, -0.05) is 61.6 Å². The summed E-state index contributed by atoms with van der Waals surface area (Å²) < 4.78 is 0.